The quantitative estimate of drug-likeness (QED) is 0.832. The van der Waals surface area contributed by atoms with Crippen LogP contribution in [0.1, 0.15) is 25.8 Å². The molecule has 0 saturated heterocycles. The molecule has 0 saturated carbocycles. The fourth-order valence-corrected chi connectivity index (χ4v) is 2.04. The van der Waals surface area contributed by atoms with E-state index in [1.807, 2.05) is 42.5 Å². The number of carbonyl (C=O) groups is 1. The van der Waals surface area contributed by atoms with Crippen LogP contribution in [0.2, 0.25) is 0 Å². The molecule has 0 bridgehead atoms. The summed E-state index contributed by atoms with van der Waals surface area (Å²) in [5.41, 5.74) is 1.83. The van der Waals surface area contributed by atoms with Gasteiger partial charge in [0.2, 0.25) is 0 Å². The summed E-state index contributed by atoms with van der Waals surface area (Å²) in [6.45, 7) is 3.66. The van der Waals surface area contributed by atoms with E-state index in [0.717, 1.165) is 6.42 Å². The van der Waals surface area contributed by atoms with Crippen molar-refractivity contribution in [2.24, 2.45) is 0 Å². The van der Waals surface area contributed by atoms with E-state index in [9.17, 15) is 9.90 Å². The molecule has 2 aromatic rings. The number of nitrogens with zero attached hydrogens (tertiary/aromatic N) is 1. The van der Waals surface area contributed by atoms with Gasteiger partial charge in [-0.2, -0.15) is 0 Å². The molecular formula is C18H21NO3. The number of anilines is 1. The van der Waals surface area contributed by atoms with Gasteiger partial charge in [-0.3, -0.25) is 4.79 Å². The minimum Gasteiger partial charge on any atom is -0.393 e. The van der Waals surface area contributed by atoms with Crippen LogP contribution in [-0.4, -0.2) is 17.1 Å². The van der Waals surface area contributed by atoms with Crippen LogP contribution in [0.5, 0.6) is 5.75 Å². The van der Waals surface area contributed by atoms with Crippen LogP contribution in [0.15, 0.2) is 54.6 Å². The fraction of sp³-hybridized carbons (Fsp3) is 0.278. The van der Waals surface area contributed by atoms with Crippen molar-refractivity contribution in [1.29, 1.82) is 0 Å². The van der Waals surface area contributed by atoms with Gasteiger partial charge in [0.1, 0.15) is 0 Å². The van der Waals surface area contributed by atoms with Crippen molar-refractivity contribution in [1.82, 2.24) is 0 Å². The maximum Gasteiger partial charge on any atom is 0.262 e. The van der Waals surface area contributed by atoms with Gasteiger partial charge in [0, 0.05) is 0 Å². The van der Waals surface area contributed by atoms with E-state index in [-0.39, 0.29) is 12.3 Å². The number of para-hydroxylation sites is 1. The predicted octanol–water partition coefficient (Wildman–Crippen LogP) is 3.35. The molecule has 2 aromatic carbocycles. The highest BCUT2D eigenvalue weighted by Gasteiger charge is 2.19. The zero-order valence-corrected chi connectivity index (χ0v) is 12.9. The van der Waals surface area contributed by atoms with Crippen LogP contribution in [0.4, 0.5) is 5.69 Å². The van der Waals surface area contributed by atoms with Crippen molar-refractivity contribution in [2.45, 2.75) is 32.8 Å². The second kappa shape index (κ2) is 7.61. The van der Waals surface area contributed by atoms with Crippen molar-refractivity contribution in [3.63, 3.8) is 0 Å². The van der Waals surface area contributed by atoms with Gasteiger partial charge in [0.05, 0.1) is 18.2 Å². The monoisotopic (exact) mass is 299 g/mol. The summed E-state index contributed by atoms with van der Waals surface area (Å²) in [7, 11) is 0. The van der Waals surface area contributed by atoms with E-state index in [0.29, 0.717) is 11.4 Å². The van der Waals surface area contributed by atoms with Crippen molar-refractivity contribution < 1.29 is 14.7 Å². The highest BCUT2D eigenvalue weighted by atomic mass is 16.7. The Hall–Kier alpha value is -2.33. The van der Waals surface area contributed by atoms with E-state index in [2.05, 4.69) is 6.92 Å². The van der Waals surface area contributed by atoms with Gasteiger partial charge >= 0.3 is 0 Å². The smallest absolute Gasteiger partial charge is 0.262 e. The van der Waals surface area contributed by atoms with Crippen LogP contribution in [-0.2, 0) is 11.2 Å². The first-order chi connectivity index (χ1) is 10.6. The Kier molecular flexibility index (Phi) is 5.55. The Morgan fingerprint density at radius 2 is 1.77 bits per heavy atom. The van der Waals surface area contributed by atoms with Gasteiger partial charge in [0.25, 0.3) is 5.91 Å². The number of hydrogen-bond donors (Lipinski definition) is 1. The summed E-state index contributed by atoms with van der Waals surface area (Å²) in [6, 6.07) is 16.7. The highest BCUT2D eigenvalue weighted by molar-refractivity contribution is 5.91. The van der Waals surface area contributed by atoms with Crippen LogP contribution in [0.25, 0.3) is 0 Å². The molecule has 4 nitrogen and oxygen atoms in total. The second-order valence-corrected chi connectivity index (χ2v) is 5.17. The van der Waals surface area contributed by atoms with E-state index in [1.54, 1.807) is 19.1 Å². The number of hydrogen-bond acceptors (Lipinski definition) is 3. The molecule has 22 heavy (non-hydrogen) atoms. The number of aliphatic hydroxyl groups excluding tert-OH is 1. The Morgan fingerprint density at radius 1 is 1.14 bits per heavy atom. The third kappa shape index (κ3) is 4.33. The lowest BCUT2D eigenvalue weighted by Gasteiger charge is -2.23. The lowest BCUT2D eigenvalue weighted by molar-refractivity contribution is -0.124. The van der Waals surface area contributed by atoms with Crippen LogP contribution in [0.3, 0.4) is 0 Å². The molecule has 1 atom stereocenters. The summed E-state index contributed by atoms with van der Waals surface area (Å²) >= 11 is 0. The summed E-state index contributed by atoms with van der Waals surface area (Å²) in [6.07, 6.45) is 0.232. The lowest BCUT2D eigenvalue weighted by Crippen LogP contribution is -2.35. The number of amides is 1. The molecule has 0 aromatic heterocycles. The maximum atomic E-state index is 12.3. The first-order valence-corrected chi connectivity index (χ1v) is 7.43. The number of carbonyl (C=O) groups excluding carboxylic acids is 1. The van der Waals surface area contributed by atoms with Crippen molar-refractivity contribution >= 4 is 11.6 Å². The number of benzene rings is 2. The van der Waals surface area contributed by atoms with E-state index in [4.69, 9.17) is 4.84 Å². The van der Waals surface area contributed by atoms with Crippen LogP contribution < -0.4 is 9.90 Å². The lowest BCUT2D eigenvalue weighted by atomic mass is 10.2. The second-order valence-electron chi connectivity index (χ2n) is 5.17. The highest BCUT2D eigenvalue weighted by Crippen LogP contribution is 2.20. The first-order valence-electron chi connectivity index (χ1n) is 7.43. The standard InChI is InChI=1S/C18H21NO3/c1-3-15-9-11-17(12-10-15)22-19(18(21)13-14(2)20)16-7-5-4-6-8-16/h4-12,14,20H,3,13H2,1-2H3. The van der Waals surface area contributed by atoms with Crippen molar-refractivity contribution in [3.05, 3.63) is 60.2 Å². The van der Waals surface area contributed by atoms with Gasteiger partial charge < -0.3 is 9.94 Å². The molecule has 0 spiro atoms. The number of aryl methyl sites for hydroxylation is 1. The van der Waals surface area contributed by atoms with Gasteiger partial charge in [-0.25, -0.2) is 0 Å². The Balaban J connectivity index is 2.22. The first kappa shape index (κ1) is 16.0. The maximum absolute atomic E-state index is 12.3. The zero-order chi connectivity index (χ0) is 15.9. The molecule has 0 aliphatic rings. The normalized spacial score (nSPS) is 11.8. The minimum atomic E-state index is -0.718. The topological polar surface area (TPSA) is 49.8 Å². The molecule has 0 aliphatic carbocycles. The third-order valence-corrected chi connectivity index (χ3v) is 3.22. The molecule has 0 radical (unpaired) electrons. The zero-order valence-electron chi connectivity index (χ0n) is 12.9. The van der Waals surface area contributed by atoms with Crippen molar-refractivity contribution in [3.8, 4) is 5.75 Å². The molecule has 1 amide bonds. The third-order valence-electron chi connectivity index (χ3n) is 3.22. The van der Waals surface area contributed by atoms with E-state index >= 15 is 0 Å². The predicted molar refractivity (Wildman–Crippen MR) is 86.7 cm³/mol. The van der Waals surface area contributed by atoms with E-state index < -0.39 is 6.10 Å². The van der Waals surface area contributed by atoms with Gasteiger partial charge in [0.15, 0.2) is 5.75 Å². The summed E-state index contributed by atoms with van der Waals surface area (Å²) < 4.78 is 0. The Bertz CT molecular complexity index is 593. The molecular weight excluding hydrogens is 278 g/mol. The van der Waals surface area contributed by atoms with Gasteiger partial charge in [-0.1, -0.05) is 37.3 Å². The molecule has 0 aliphatic heterocycles. The van der Waals surface area contributed by atoms with Gasteiger partial charge in [-0.15, -0.1) is 5.06 Å². The van der Waals surface area contributed by atoms with Gasteiger partial charge in [-0.05, 0) is 43.2 Å². The molecule has 1 unspecified atom stereocenters. The minimum absolute atomic E-state index is 0.00192. The summed E-state index contributed by atoms with van der Waals surface area (Å²) in [5, 5.41) is 10.7. The molecule has 0 fully saturated rings. The molecule has 1 N–H and O–H groups in total. The summed E-state index contributed by atoms with van der Waals surface area (Å²) in [5.74, 6) is 0.292. The largest absolute Gasteiger partial charge is 0.393 e. The molecule has 0 heterocycles. The van der Waals surface area contributed by atoms with Crippen molar-refractivity contribution in [2.75, 3.05) is 5.06 Å². The number of aliphatic hydroxyl groups is 1. The SMILES string of the molecule is CCc1ccc(ON(C(=O)CC(C)O)c2ccccc2)cc1. The Morgan fingerprint density at radius 3 is 2.32 bits per heavy atom. The molecule has 116 valence electrons. The summed E-state index contributed by atoms with van der Waals surface area (Å²) in [4.78, 5) is 18.1. The van der Waals surface area contributed by atoms with Crippen LogP contribution >= 0.6 is 0 Å². The Labute approximate surface area is 130 Å². The van der Waals surface area contributed by atoms with E-state index in [1.165, 1.54) is 10.6 Å². The van der Waals surface area contributed by atoms with Crippen LogP contribution in [0, 0.1) is 0 Å². The molecule has 4 heteroatoms. The fourth-order valence-electron chi connectivity index (χ4n) is 2.04. The molecule has 2 rings (SSSR count). The number of rotatable bonds is 6. The number of hydroxylamine groups is 1. The average Bonchev–Trinajstić information content (AvgIpc) is 2.53. The average molecular weight is 299 g/mol.